The van der Waals surface area contributed by atoms with Crippen LogP contribution in [0.25, 0.3) is 0 Å². The number of benzene rings is 2. The fourth-order valence-corrected chi connectivity index (χ4v) is 4.75. The van der Waals surface area contributed by atoms with Crippen molar-refractivity contribution < 1.29 is 23.2 Å². The molecule has 9 nitrogen and oxygen atoms in total. The third-order valence-electron chi connectivity index (χ3n) is 5.11. The number of carbonyl (C=O) groups excluding carboxylic acids is 1. The van der Waals surface area contributed by atoms with E-state index in [2.05, 4.69) is 0 Å². The molecule has 30 heavy (non-hydrogen) atoms. The zero-order chi connectivity index (χ0) is 22.1. The second-order valence-electron chi connectivity index (χ2n) is 7.38. The average molecular weight is 433 g/mol. The Kier molecular flexibility index (Phi) is 6.09. The van der Waals surface area contributed by atoms with Crippen LogP contribution in [0.2, 0.25) is 0 Å². The van der Waals surface area contributed by atoms with E-state index in [1.54, 1.807) is 12.1 Å². The Morgan fingerprint density at radius 1 is 1.10 bits per heavy atom. The number of aromatic hydroxyl groups is 1. The summed E-state index contributed by atoms with van der Waals surface area (Å²) in [6, 6.07) is 9.82. The summed E-state index contributed by atoms with van der Waals surface area (Å²) in [6.45, 7) is 4.38. The third kappa shape index (κ3) is 4.29. The van der Waals surface area contributed by atoms with Gasteiger partial charge in [0.1, 0.15) is 5.75 Å². The number of hydrogen-bond donors (Lipinski definition) is 1. The predicted octanol–water partition coefficient (Wildman–Crippen LogP) is 2.57. The van der Waals surface area contributed by atoms with E-state index < -0.39 is 14.9 Å². The number of rotatable bonds is 5. The monoisotopic (exact) mass is 433 g/mol. The Bertz CT molecular complexity index is 1080. The molecule has 0 radical (unpaired) electrons. The first kappa shape index (κ1) is 21.7. The standard InChI is InChI=1S/C20H23N3O6S/c1-14(2)15-6-7-19(24)18(12-15)20(25)21-8-10-22(11-9-21)30(28,29)17-5-3-4-16(13-17)23(26)27/h3-7,12-14,24H,8-11H2,1-2H3. The number of nitro benzene ring substituents is 1. The van der Waals surface area contributed by atoms with Crippen molar-refractivity contribution >= 4 is 21.6 Å². The fourth-order valence-electron chi connectivity index (χ4n) is 3.29. The van der Waals surface area contributed by atoms with Crippen LogP contribution >= 0.6 is 0 Å². The summed E-state index contributed by atoms with van der Waals surface area (Å²) in [6.07, 6.45) is 0. The minimum absolute atomic E-state index is 0.0569. The molecule has 2 aromatic carbocycles. The molecule has 1 heterocycles. The average Bonchev–Trinajstić information content (AvgIpc) is 2.73. The van der Waals surface area contributed by atoms with Gasteiger partial charge in [0.05, 0.1) is 15.4 Å². The van der Waals surface area contributed by atoms with E-state index in [4.69, 9.17) is 0 Å². The Labute approximate surface area is 174 Å². The van der Waals surface area contributed by atoms with Crippen LogP contribution in [0.4, 0.5) is 5.69 Å². The molecule has 1 aliphatic rings. The highest BCUT2D eigenvalue weighted by atomic mass is 32.2. The molecule has 1 fully saturated rings. The summed E-state index contributed by atoms with van der Waals surface area (Å²) < 4.78 is 26.9. The molecule has 0 saturated carbocycles. The van der Waals surface area contributed by atoms with Crippen LogP contribution in [0.5, 0.6) is 5.75 Å². The first-order valence-corrected chi connectivity index (χ1v) is 10.9. The number of phenols is 1. The lowest BCUT2D eigenvalue weighted by molar-refractivity contribution is -0.385. The van der Waals surface area contributed by atoms with Crippen LogP contribution in [-0.4, -0.2) is 59.7 Å². The Morgan fingerprint density at radius 3 is 2.37 bits per heavy atom. The van der Waals surface area contributed by atoms with Gasteiger partial charge >= 0.3 is 0 Å². The molecule has 0 unspecified atom stereocenters. The molecular formula is C20H23N3O6S. The molecule has 1 saturated heterocycles. The first-order chi connectivity index (χ1) is 14.1. The van der Waals surface area contributed by atoms with Gasteiger partial charge in [-0.05, 0) is 29.7 Å². The fraction of sp³-hybridized carbons (Fsp3) is 0.350. The SMILES string of the molecule is CC(C)c1ccc(O)c(C(=O)N2CCN(S(=O)(=O)c3cccc([N+](=O)[O-])c3)CC2)c1. The summed E-state index contributed by atoms with van der Waals surface area (Å²) in [5, 5.41) is 21.0. The number of non-ortho nitro benzene ring substituents is 1. The van der Waals surface area contributed by atoms with Crippen molar-refractivity contribution in [2.75, 3.05) is 26.2 Å². The van der Waals surface area contributed by atoms with Crippen molar-refractivity contribution in [2.45, 2.75) is 24.7 Å². The highest BCUT2D eigenvalue weighted by molar-refractivity contribution is 7.89. The van der Waals surface area contributed by atoms with Gasteiger partial charge in [-0.15, -0.1) is 0 Å². The summed E-state index contributed by atoms with van der Waals surface area (Å²) in [7, 11) is -3.92. The molecule has 1 aliphatic heterocycles. The molecular weight excluding hydrogens is 410 g/mol. The van der Waals surface area contributed by atoms with Crippen LogP contribution < -0.4 is 0 Å². The van der Waals surface area contributed by atoms with Gasteiger partial charge in [-0.25, -0.2) is 8.42 Å². The Hall–Kier alpha value is -2.98. The molecule has 1 amide bonds. The van der Waals surface area contributed by atoms with Gasteiger partial charge in [0, 0.05) is 38.3 Å². The topological polar surface area (TPSA) is 121 Å². The van der Waals surface area contributed by atoms with Gasteiger partial charge in [-0.3, -0.25) is 14.9 Å². The number of sulfonamides is 1. The maximum Gasteiger partial charge on any atom is 0.270 e. The van der Waals surface area contributed by atoms with Gasteiger partial charge in [-0.1, -0.05) is 26.0 Å². The highest BCUT2D eigenvalue weighted by Gasteiger charge is 2.32. The zero-order valence-corrected chi connectivity index (χ0v) is 17.5. The maximum atomic E-state index is 12.9. The van der Waals surface area contributed by atoms with Crippen molar-refractivity contribution in [3.05, 3.63) is 63.7 Å². The van der Waals surface area contributed by atoms with E-state index in [0.717, 1.165) is 11.6 Å². The molecule has 1 N–H and O–H groups in total. The highest BCUT2D eigenvalue weighted by Crippen LogP contribution is 2.26. The molecule has 3 rings (SSSR count). The van der Waals surface area contributed by atoms with E-state index in [-0.39, 0.29) is 59.9 Å². The second-order valence-corrected chi connectivity index (χ2v) is 9.32. The summed E-state index contributed by atoms with van der Waals surface area (Å²) >= 11 is 0. The van der Waals surface area contributed by atoms with Crippen molar-refractivity contribution in [1.82, 2.24) is 9.21 Å². The van der Waals surface area contributed by atoms with Gasteiger partial charge in [-0.2, -0.15) is 4.31 Å². The zero-order valence-electron chi connectivity index (χ0n) is 16.7. The van der Waals surface area contributed by atoms with E-state index >= 15 is 0 Å². The number of carbonyl (C=O) groups is 1. The Morgan fingerprint density at radius 2 is 1.77 bits per heavy atom. The number of nitrogens with zero attached hydrogens (tertiary/aromatic N) is 3. The molecule has 160 valence electrons. The molecule has 0 bridgehead atoms. The lowest BCUT2D eigenvalue weighted by Crippen LogP contribution is -2.50. The summed E-state index contributed by atoms with van der Waals surface area (Å²) in [4.78, 5) is 24.5. The summed E-state index contributed by atoms with van der Waals surface area (Å²) in [5.41, 5.74) is 0.810. The lowest BCUT2D eigenvalue weighted by atomic mass is 9.99. The molecule has 0 atom stereocenters. The van der Waals surface area contributed by atoms with Gasteiger partial charge in [0.25, 0.3) is 11.6 Å². The quantitative estimate of drug-likeness (QED) is 0.571. The van der Waals surface area contributed by atoms with Crippen LogP contribution in [0, 0.1) is 10.1 Å². The molecule has 0 aromatic heterocycles. The largest absolute Gasteiger partial charge is 0.507 e. The van der Waals surface area contributed by atoms with Crippen molar-refractivity contribution in [1.29, 1.82) is 0 Å². The van der Waals surface area contributed by atoms with E-state index in [9.17, 15) is 28.4 Å². The summed E-state index contributed by atoms with van der Waals surface area (Å²) in [5.74, 6) is -0.285. The van der Waals surface area contributed by atoms with Crippen LogP contribution in [-0.2, 0) is 10.0 Å². The van der Waals surface area contributed by atoms with Gasteiger partial charge < -0.3 is 10.0 Å². The smallest absolute Gasteiger partial charge is 0.270 e. The van der Waals surface area contributed by atoms with Crippen molar-refractivity contribution in [3.63, 3.8) is 0 Å². The molecule has 0 spiro atoms. The van der Waals surface area contributed by atoms with Crippen molar-refractivity contribution in [2.24, 2.45) is 0 Å². The third-order valence-corrected chi connectivity index (χ3v) is 7.00. The van der Waals surface area contributed by atoms with Gasteiger partial charge in [0.15, 0.2) is 0 Å². The van der Waals surface area contributed by atoms with E-state index in [0.29, 0.717) is 0 Å². The lowest BCUT2D eigenvalue weighted by Gasteiger charge is -2.34. The number of hydrogen-bond acceptors (Lipinski definition) is 6. The van der Waals surface area contributed by atoms with Gasteiger partial charge in [0.2, 0.25) is 10.0 Å². The number of nitro groups is 1. The minimum Gasteiger partial charge on any atom is -0.507 e. The molecule has 10 heteroatoms. The number of piperazine rings is 1. The van der Waals surface area contributed by atoms with E-state index in [1.807, 2.05) is 13.8 Å². The molecule has 2 aromatic rings. The normalized spacial score (nSPS) is 15.4. The van der Waals surface area contributed by atoms with Crippen LogP contribution in [0.3, 0.4) is 0 Å². The number of amides is 1. The van der Waals surface area contributed by atoms with Crippen LogP contribution in [0.1, 0.15) is 35.7 Å². The first-order valence-electron chi connectivity index (χ1n) is 9.48. The van der Waals surface area contributed by atoms with Crippen molar-refractivity contribution in [3.8, 4) is 5.75 Å². The van der Waals surface area contributed by atoms with Crippen LogP contribution in [0.15, 0.2) is 47.4 Å². The second kappa shape index (κ2) is 8.41. The number of phenolic OH excluding ortho intramolecular Hbond substituents is 1. The molecule has 0 aliphatic carbocycles. The maximum absolute atomic E-state index is 12.9. The predicted molar refractivity (Wildman–Crippen MR) is 110 cm³/mol. The minimum atomic E-state index is -3.92. The Balaban J connectivity index is 1.74. The van der Waals surface area contributed by atoms with E-state index in [1.165, 1.54) is 33.5 Å².